The summed E-state index contributed by atoms with van der Waals surface area (Å²) in [7, 11) is 0. The van der Waals surface area contributed by atoms with Gasteiger partial charge in [-0.15, -0.1) is 0 Å². The van der Waals surface area contributed by atoms with Crippen molar-refractivity contribution in [2.75, 3.05) is 5.32 Å². The highest BCUT2D eigenvalue weighted by Crippen LogP contribution is 2.17. The standard InChI is InChI=1S/C13H13NO5/c1-7(3-8(2)15)14-11-5-9(12(16)17)4-10(6-11)13(18)19/h3-6,14H,1-2H3,(H,16,17)(H,18,19)/b7-3+. The molecule has 0 aliphatic carbocycles. The van der Waals surface area contributed by atoms with Gasteiger partial charge in [-0.1, -0.05) is 0 Å². The number of hydrogen-bond acceptors (Lipinski definition) is 4. The summed E-state index contributed by atoms with van der Waals surface area (Å²) >= 11 is 0. The number of carbonyl (C=O) groups is 3. The van der Waals surface area contributed by atoms with Gasteiger partial charge in [0.15, 0.2) is 5.78 Å². The molecule has 0 saturated carbocycles. The molecule has 100 valence electrons. The summed E-state index contributed by atoms with van der Waals surface area (Å²) in [5, 5.41) is 20.6. The van der Waals surface area contributed by atoms with Gasteiger partial charge in [0, 0.05) is 11.4 Å². The molecule has 19 heavy (non-hydrogen) atoms. The lowest BCUT2D eigenvalue weighted by molar-refractivity contribution is -0.112. The molecular formula is C13H13NO5. The van der Waals surface area contributed by atoms with E-state index < -0.39 is 11.9 Å². The maximum absolute atomic E-state index is 10.9. The highest BCUT2D eigenvalue weighted by Gasteiger charge is 2.11. The lowest BCUT2D eigenvalue weighted by Gasteiger charge is -2.08. The molecule has 0 amide bonds. The molecule has 0 saturated heterocycles. The molecule has 1 rings (SSSR count). The number of anilines is 1. The zero-order valence-corrected chi connectivity index (χ0v) is 10.4. The first kappa shape index (κ1) is 14.4. The number of aromatic carboxylic acids is 2. The number of carbonyl (C=O) groups excluding carboxylic acids is 1. The molecule has 1 aromatic carbocycles. The highest BCUT2D eigenvalue weighted by molar-refractivity contribution is 5.95. The summed E-state index contributed by atoms with van der Waals surface area (Å²) < 4.78 is 0. The first-order valence-corrected chi connectivity index (χ1v) is 5.37. The molecule has 0 spiro atoms. The van der Waals surface area contributed by atoms with E-state index in [4.69, 9.17) is 10.2 Å². The number of carboxylic acid groups (broad SMARTS) is 2. The van der Waals surface area contributed by atoms with Crippen molar-refractivity contribution in [3.63, 3.8) is 0 Å². The maximum Gasteiger partial charge on any atom is 0.335 e. The van der Waals surface area contributed by atoms with E-state index in [0.29, 0.717) is 11.4 Å². The second kappa shape index (κ2) is 5.81. The summed E-state index contributed by atoms with van der Waals surface area (Å²) in [6.45, 7) is 3.00. The van der Waals surface area contributed by atoms with Crippen LogP contribution in [-0.2, 0) is 4.79 Å². The molecule has 6 nitrogen and oxygen atoms in total. The van der Waals surface area contributed by atoms with E-state index in [0.717, 1.165) is 6.07 Å². The van der Waals surface area contributed by atoms with Crippen molar-refractivity contribution in [1.82, 2.24) is 0 Å². The van der Waals surface area contributed by atoms with Crippen molar-refractivity contribution in [2.24, 2.45) is 0 Å². The van der Waals surface area contributed by atoms with E-state index in [1.807, 2.05) is 0 Å². The molecule has 0 atom stereocenters. The molecule has 0 aliphatic heterocycles. The third-order valence-corrected chi connectivity index (χ3v) is 2.19. The fraction of sp³-hybridized carbons (Fsp3) is 0.154. The summed E-state index contributed by atoms with van der Waals surface area (Å²) in [6, 6.07) is 3.67. The fourth-order valence-electron chi connectivity index (χ4n) is 1.52. The Labute approximate surface area is 109 Å². The van der Waals surface area contributed by atoms with E-state index in [2.05, 4.69) is 5.32 Å². The van der Waals surface area contributed by atoms with Gasteiger partial charge in [0.2, 0.25) is 0 Å². The van der Waals surface area contributed by atoms with Crippen LogP contribution in [0, 0.1) is 0 Å². The molecule has 0 aliphatic rings. The minimum atomic E-state index is -1.22. The zero-order chi connectivity index (χ0) is 14.6. The Morgan fingerprint density at radius 3 is 1.84 bits per heavy atom. The first-order chi connectivity index (χ1) is 8.79. The van der Waals surface area contributed by atoms with Crippen LogP contribution in [0.4, 0.5) is 5.69 Å². The van der Waals surface area contributed by atoms with Crippen molar-refractivity contribution >= 4 is 23.4 Å². The van der Waals surface area contributed by atoms with Gasteiger partial charge in [-0.25, -0.2) is 9.59 Å². The van der Waals surface area contributed by atoms with Crippen molar-refractivity contribution in [1.29, 1.82) is 0 Å². The van der Waals surface area contributed by atoms with E-state index in [9.17, 15) is 14.4 Å². The molecule has 0 aromatic heterocycles. The van der Waals surface area contributed by atoms with Gasteiger partial charge < -0.3 is 15.5 Å². The third kappa shape index (κ3) is 4.27. The van der Waals surface area contributed by atoms with Gasteiger partial charge in [0.05, 0.1) is 11.1 Å². The van der Waals surface area contributed by atoms with E-state index >= 15 is 0 Å². The number of carboxylic acids is 2. The number of allylic oxidation sites excluding steroid dienone is 2. The van der Waals surface area contributed by atoms with Crippen LogP contribution in [0.15, 0.2) is 30.0 Å². The Morgan fingerprint density at radius 2 is 1.47 bits per heavy atom. The van der Waals surface area contributed by atoms with Crippen LogP contribution in [-0.4, -0.2) is 27.9 Å². The lowest BCUT2D eigenvalue weighted by atomic mass is 10.1. The Balaban J connectivity index is 3.17. The molecule has 1 aromatic rings. The van der Waals surface area contributed by atoms with Gasteiger partial charge in [-0.2, -0.15) is 0 Å². The fourth-order valence-corrected chi connectivity index (χ4v) is 1.52. The van der Waals surface area contributed by atoms with Crippen molar-refractivity contribution < 1.29 is 24.6 Å². The Morgan fingerprint density at radius 1 is 1.00 bits per heavy atom. The van der Waals surface area contributed by atoms with E-state index in [-0.39, 0.29) is 16.9 Å². The Kier molecular flexibility index (Phi) is 4.41. The number of ketones is 1. The van der Waals surface area contributed by atoms with Crippen LogP contribution in [0.3, 0.4) is 0 Å². The lowest BCUT2D eigenvalue weighted by Crippen LogP contribution is -2.05. The monoisotopic (exact) mass is 263 g/mol. The second-order valence-corrected chi connectivity index (χ2v) is 3.97. The van der Waals surface area contributed by atoms with Gasteiger partial charge >= 0.3 is 11.9 Å². The summed E-state index contributed by atoms with van der Waals surface area (Å²) in [5.41, 5.74) is 0.509. The molecule has 0 bridgehead atoms. The third-order valence-electron chi connectivity index (χ3n) is 2.19. The average Bonchev–Trinajstić information content (AvgIpc) is 2.26. The first-order valence-electron chi connectivity index (χ1n) is 5.37. The average molecular weight is 263 g/mol. The Hall–Kier alpha value is -2.63. The number of rotatable bonds is 5. The Bertz CT molecular complexity index is 542. The van der Waals surface area contributed by atoms with Crippen molar-refractivity contribution in [3.05, 3.63) is 41.1 Å². The van der Waals surface area contributed by atoms with Gasteiger partial charge in [0.1, 0.15) is 0 Å². The van der Waals surface area contributed by atoms with Gasteiger partial charge in [-0.05, 0) is 38.1 Å². The molecule has 3 N–H and O–H groups in total. The number of hydrogen-bond donors (Lipinski definition) is 3. The minimum absolute atomic E-state index is 0.141. The van der Waals surface area contributed by atoms with Crippen LogP contribution < -0.4 is 5.32 Å². The van der Waals surface area contributed by atoms with Crippen molar-refractivity contribution in [3.8, 4) is 0 Å². The minimum Gasteiger partial charge on any atom is -0.478 e. The molecule has 6 heteroatoms. The zero-order valence-electron chi connectivity index (χ0n) is 10.4. The number of nitrogens with one attached hydrogen (secondary N) is 1. The molecule has 0 heterocycles. The largest absolute Gasteiger partial charge is 0.478 e. The summed E-state index contributed by atoms with van der Waals surface area (Å²) in [5.74, 6) is -2.61. The van der Waals surface area contributed by atoms with Crippen LogP contribution in [0.5, 0.6) is 0 Å². The molecule has 0 fully saturated rings. The van der Waals surface area contributed by atoms with E-state index in [1.54, 1.807) is 6.92 Å². The smallest absolute Gasteiger partial charge is 0.335 e. The number of benzene rings is 1. The SMILES string of the molecule is CC(=O)/C=C(\C)Nc1cc(C(=O)O)cc(C(=O)O)c1. The molecular weight excluding hydrogens is 250 g/mol. The summed E-state index contributed by atoms with van der Waals surface area (Å²) in [4.78, 5) is 32.7. The van der Waals surface area contributed by atoms with Crippen LogP contribution in [0.25, 0.3) is 0 Å². The van der Waals surface area contributed by atoms with Crippen molar-refractivity contribution in [2.45, 2.75) is 13.8 Å². The van der Waals surface area contributed by atoms with Crippen LogP contribution in [0.2, 0.25) is 0 Å². The quantitative estimate of drug-likeness (QED) is 0.702. The van der Waals surface area contributed by atoms with Gasteiger partial charge in [-0.3, -0.25) is 4.79 Å². The topological polar surface area (TPSA) is 104 Å². The highest BCUT2D eigenvalue weighted by atomic mass is 16.4. The van der Waals surface area contributed by atoms with E-state index in [1.165, 1.54) is 25.1 Å². The van der Waals surface area contributed by atoms with Gasteiger partial charge in [0.25, 0.3) is 0 Å². The maximum atomic E-state index is 10.9. The second-order valence-electron chi connectivity index (χ2n) is 3.97. The predicted octanol–water partition coefficient (Wildman–Crippen LogP) is 1.99. The molecule has 0 radical (unpaired) electrons. The summed E-state index contributed by atoms with van der Waals surface area (Å²) in [6.07, 6.45) is 1.33. The van der Waals surface area contributed by atoms with Crippen LogP contribution in [0.1, 0.15) is 34.6 Å². The van der Waals surface area contributed by atoms with Crippen LogP contribution >= 0.6 is 0 Å². The predicted molar refractivity (Wildman–Crippen MR) is 68.4 cm³/mol. The molecule has 0 unspecified atom stereocenters. The normalized spacial score (nSPS) is 10.9.